The number of anilines is 1. The molecule has 6 nitrogen and oxygen atoms in total. The number of carbonyl (C=O) groups excluding carboxylic acids is 2. The highest BCUT2D eigenvalue weighted by atomic mass is 35.5. The summed E-state index contributed by atoms with van der Waals surface area (Å²) in [7, 11) is 1.52. The molecular formula is C26H19ClN2O4S. The lowest BCUT2D eigenvalue weighted by Gasteiger charge is -2.23. The molecule has 8 heteroatoms. The van der Waals surface area contributed by atoms with Crippen LogP contribution >= 0.6 is 22.9 Å². The SMILES string of the molecule is COc1cccc(/C(O)=C2\C(=O)C(=O)N(c3nc4ccc(Cl)cc4s3)C2c2cccc(C)c2)c1. The Kier molecular flexibility index (Phi) is 5.59. The lowest BCUT2D eigenvalue weighted by atomic mass is 9.94. The highest BCUT2D eigenvalue weighted by molar-refractivity contribution is 7.22. The Balaban J connectivity index is 1.74. The van der Waals surface area contributed by atoms with E-state index < -0.39 is 17.7 Å². The summed E-state index contributed by atoms with van der Waals surface area (Å²) in [4.78, 5) is 32.6. The van der Waals surface area contributed by atoms with Gasteiger partial charge in [-0.2, -0.15) is 0 Å². The fourth-order valence-electron chi connectivity index (χ4n) is 4.10. The minimum absolute atomic E-state index is 0.00106. The van der Waals surface area contributed by atoms with Gasteiger partial charge in [0.05, 0.1) is 28.9 Å². The maximum atomic E-state index is 13.3. The number of aryl methyl sites for hydroxylation is 1. The predicted octanol–water partition coefficient (Wildman–Crippen LogP) is 5.89. The smallest absolute Gasteiger partial charge is 0.301 e. The molecule has 170 valence electrons. The topological polar surface area (TPSA) is 79.7 Å². The predicted molar refractivity (Wildman–Crippen MR) is 134 cm³/mol. The molecule has 1 aliphatic rings. The van der Waals surface area contributed by atoms with E-state index in [-0.39, 0.29) is 11.3 Å². The van der Waals surface area contributed by atoms with Crippen LogP contribution in [0.1, 0.15) is 22.7 Å². The molecule has 5 rings (SSSR count). The summed E-state index contributed by atoms with van der Waals surface area (Å²) >= 11 is 7.40. The van der Waals surface area contributed by atoms with E-state index in [4.69, 9.17) is 16.3 Å². The number of ether oxygens (including phenoxy) is 1. The van der Waals surface area contributed by atoms with Gasteiger partial charge < -0.3 is 9.84 Å². The zero-order valence-electron chi connectivity index (χ0n) is 18.3. The molecule has 4 aromatic rings. The first-order valence-corrected chi connectivity index (χ1v) is 11.6. The number of halogens is 1. The second-order valence-electron chi connectivity index (χ2n) is 7.92. The van der Waals surface area contributed by atoms with Gasteiger partial charge in [-0.3, -0.25) is 14.5 Å². The Bertz CT molecular complexity index is 1490. The first-order valence-electron chi connectivity index (χ1n) is 10.5. The van der Waals surface area contributed by atoms with Gasteiger partial charge >= 0.3 is 5.91 Å². The molecule has 1 atom stereocenters. The molecule has 0 saturated carbocycles. The number of fused-ring (bicyclic) bond motifs is 1. The Labute approximate surface area is 204 Å². The average molecular weight is 491 g/mol. The van der Waals surface area contributed by atoms with Gasteiger partial charge in [-0.05, 0) is 42.8 Å². The van der Waals surface area contributed by atoms with Crippen molar-refractivity contribution >= 4 is 55.7 Å². The number of aliphatic hydroxyl groups is 1. The lowest BCUT2D eigenvalue weighted by molar-refractivity contribution is -0.132. The van der Waals surface area contributed by atoms with E-state index in [9.17, 15) is 14.7 Å². The number of thiazole rings is 1. The van der Waals surface area contributed by atoms with Crippen LogP contribution < -0.4 is 9.64 Å². The highest BCUT2D eigenvalue weighted by Gasteiger charge is 2.48. The van der Waals surface area contributed by atoms with Gasteiger partial charge in [0.1, 0.15) is 11.5 Å². The number of methoxy groups -OCH3 is 1. The van der Waals surface area contributed by atoms with Crippen molar-refractivity contribution in [3.05, 3.63) is 94.0 Å². The van der Waals surface area contributed by atoms with Crippen LogP contribution in [-0.2, 0) is 9.59 Å². The molecule has 2 heterocycles. The second-order valence-corrected chi connectivity index (χ2v) is 9.37. The molecule has 1 amide bonds. The van der Waals surface area contributed by atoms with Crippen molar-refractivity contribution in [2.24, 2.45) is 0 Å². The van der Waals surface area contributed by atoms with Gasteiger partial charge in [0.2, 0.25) is 0 Å². The molecule has 1 saturated heterocycles. The molecule has 1 N–H and O–H groups in total. The third-order valence-electron chi connectivity index (χ3n) is 5.69. The van der Waals surface area contributed by atoms with Crippen molar-refractivity contribution in [3.8, 4) is 5.75 Å². The van der Waals surface area contributed by atoms with Crippen LogP contribution in [0.2, 0.25) is 5.02 Å². The number of aliphatic hydroxyl groups excluding tert-OH is 1. The first-order chi connectivity index (χ1) is 16.4. The van der Waals surface area contributed by atoms with E-state index in [0.717, 1.165) is 10.3 Å². The summed E-state index contributed by atoms with van der Waals surface area (Å²) in [6.45, 7) is 1.93. The fourth-order valence-corrected chi connectivity index (χ4v) is 5.37. The van der Waals surface area contributed by atoms with Crippen molar-refractivity contribution in [2.45, 2.75) is 13.0 Å². The molecule has 1 unspecified atom stereocenters. The normalized spacial score (nSPS) is 17.5. The van der Waals surface area contributed by atoms with Crippen LogP contribution in [0.4, 0.5) is 5.13 Å². The molecule has 3 aromatic carbocycles. The molecule has 0 radical (unpaired) electrons. The first kappa shape index (κ1) is 22.1. The van der Waals surface area contributed by atoms with Crippen molar-refractivity contribution in [1.29, 1.82) is 0 Å². The van der Waals surface area contributed by atoms with Gasteiger partial charge in [0, 0.05) is 10.6 Å². The fraction of sp³-hybridized carbons (Fsp3) is 0.115. The molecule has 1 aromatic heterocycles. The summed E-state index contributed by atoms with van der Waals surface area (Å²) < 4.78 is 6.05. The zero-order valence-corrected chi connectivity index (χ0v) is 19.9. The van der Waals surface area contributed by atoms with E-state index in [2.05, 4.69) is 4.98 Å². The molecule has 0 spiro atoms. The van der Waals surface area contributed by atoms with E-state index in [1.54, 1.807) is 42.5 Å². The van der Waals surface area contributed by atoms with Crippen LogP contribution in [0.3, 0.4) is 0 Å². The molecule has 34 heavy (non-hydrogen) atoms. The van der Waals surface area contributed by atoms with Gasteiger partial charge in [-0.25, -0.2) is 4.98 Å². The summed E-state index contributed by atoms with van der Waals surface area (Å²) in [5.41, 5.74) is 2.70. The molecular weight excluding hydrogens is 472 g/mol. The average Bonchev–Trinajstić information content (AvgIpc) is 3.36. The van der Waals surface area contributed by atoms with Gasteiger partial charge in [0.15, 0.2) is 5.13 Å². The van der Waals surface area contributed by atoms with Crippen molar-refractivity contribution in [2.75, 3.05) is 12.0 Å². The number of carbonyl (C=O) groups is 2. The standard InChI is InChI=1S/C26H19ClN2O4S/c1-14-5-3-6-15(11-14)22-21(23(30)16-7-4-8-18(12-16)33-2)24(31)25(32)29(22)26-28-19-10-9-17(27)13-20(19)34-26/h3-13,22,30H,1-2H3/b23-21+. The van der Waals surface area contributed by atoms with Crippen LogP contribution in [0, 0.1) is 6.92 Å². The minimum Gasteiger partial charge on any atom is -0.507 e. The number of hydrogen-bond acceptors (Lipinski definition) is 6. The third kappa shape index (κ3) is 3.73. The zero-order chi connectivity index (χ0) is 24.0. The number of rotatable bonds is 4. The Hall–Kier alpha value is -3.68. The molecule has 1 fully saturated rings. The van der Waals surface area contributed by atoms with Gasteiger partial charge in [-0.15, -0.1) is 0 Å². The van der Waals surface area contributed by atoms with E-state index in [0.29, 0.717) is 32.5 Å². The second kappa shape index (κ2) is 8.59. The molecule has 0 aliphatic carbocycles. The number of aromatic nitrogens is 1. The van der Waals surface area contributed by atoms with E-state index in [1.165, 1.54) is 23.3 Å². The number of hydrogen-bond donors (Lipinski definition) is 1. The lowest BCUT2D eigenvalue weighted by Crippen LogP contribution is -2.29. The summed E-state index contributed by atoms with van der Waals surface area (Å²) in [5.74, 6) is -1.27. The quantitative estimate of drug-likeness (QED) is 0.219. The maximum absolute atomic E-state index is 13.3. The van der Waals surface area contributed by atoms with Crippen molar-refractivity contribution in [1.82, 2.24) is 4.98 Å². The van der Waals surface area contributed by atoms with Gasteiger partial charge in [0.25, 0.3) is 5.78 Å². The van der Waals surface area contributed by atoms with Crippen LogP contribution in [-0.4, -0.2) is 28.9 Å². The molecule has 0 bridgehead atoms. The molecule has 1 aliphatic heterocycles. The van der Waals surface area contributed by atoms with E-state index in [1.807, 2.05) is 31.2 Å². The number of benzene rings is 3. The maximum Gasteiger partial charge on any atom is 0.301 e. The minimum atomic E-state index is -0.845. The van der Waals surface area contributed by atoms with Crippen LogP contribution in [0.15, 0.2) is 72.3 Å². The highest BCUT2D eigenvalue weighted by Crippen LogP contribution is 2.44. The number of amides is 1. The number of ketones is 1. The summed E-state index contributed by atoms with van der Waals surface area (Å²) in [6.07, 6.45) is 0. The summed E-state index contributed by atoms with van der Waals surface area (Å²) in [5, 5.41) is 12.2. The number of nitrogens with zero attached hydrogens (tertiary/aromatic N) is 2. The largest absolute Gasteiger partial charge is 0.507 e. The van der Waals surface area contributed by atoms with Crippen molar-refractivity contribution < 1.29 is 19.4 Å². The van der Waals surface area contributed by atoms with Crippen molar-refractivity contribution in [3.63, 3.8) is 0 Å². The van der Waals surface area contributed by atoms with Crippen LogP contribution in [0.25, 0.3) is 16.0 Å². The van der Waals surface area contributed by atoms with Crippen LogP contribution in [0.5, 0.6) is 5.75 Å². The summed E-state index contributed by atoms with van der Waals surface area (Å²) in [6, 6.07) is 18.7. The number of Topliss-reactive ketones (excluding diaryl/α,β-unsaturated/α-hetero) is 1. The van der Waals surface area contributed by atoms with E-state index >= 15 is 0 Å². The Morgan fingerprint density at radius 1 is 1.09 bits per heavy atom. The Morgan fingerprint density at radius 3 is 2.65 bits per heavy atom. The third-order valence-corrected chi connectivity index (χ3v) is 6.94. The van der Waals surface area contributed by atoms with Gasteiger partial charge in [-0.1, -0.05) is 64.9 Å². The monoisotopic (exact) mass is 490 g/mol. The Morgan fingerprint density at radius 2 is 1.88 bits per heavy atom.